The first-order valence-corrected chi connectivity index (χ1v) is 11.0. The number of amides is 1. The van der Waals surface area contributed by atoms with E-state index in [1.807, 2.05) is 13.8 Å². The largest absolute Gasteiger partial charge is 0.619 e. The molecule has 8 nitrogen and oxygen atoms in total. The number of hydrogen-bond acceptors (Lipinski definition) is 6. The van der Waals surface area contributed by atoms with Crippen LogP contribution >= 0.6 is 11.8 Å². The minimum absolute atomic E-state index is 0.0549. The Morgan fingerprint density at radius 3 is 2.36 bits per heavy atom. The normalized spacial score (nSPS) is 19.9. The Morgan fingerprint density at radius 2 is 1.79 bits per heavy atom. The number of nitrogens with zero attached hydrogens (tertiary/aromatic N) is 2. The van der Waals surface area contributed by atoms with Gasteiger partial charge >= 0.3 is 0 Å². The smallest absolute Gasteiger partial charge is 0.243 e. The van der Waals surface area contributed by atoms with Gasteiger partial charge < -0.3 is 15.7 Å². The van der Waals surface area contributed by atoms with E-state index in [1.54, 1.807) is 0 Å². The number of sulfonamides is 1. The lowest BCUT2D eigenvalue weighted by Crippen LogP contribution is -2.60. The molecule has 1 aliphatic rings. The zero-order valence-corrected chi connectivity index (χ0v) is 17.1. The predicted molar refractivity (Wildman–Crippen MR) is 105 cm³/mol. The van der Waals surface area contributed by atoms with E-state index >= 15 is 0 Å². The number of thioether (sulfide) groups is 1. The Bertz CT molecular complexity index is 960. The van der Waals surface area contributed by atoms with Crippen molar-refractivity contribution >= 4 is 27.7 Å². The van der Waals surface area contributed by atoms with Crippen molar-refractivity contribution in [1.29, 1.82) is 0 Å². The summed E-state index contributed by atoms with van der Waals surface area (Å²) in [4.78, 5) is 12.1. The molecule has 2 aromatic rings. The Morgan fingerprint density at radius 1 is 1.21 bits per heavy atom. The number of aromatic nitrogens is 1. The molecule has 0 bridgehead atoms. The van der Waals surface area contributed by atoms with Crippen LogP contribution in [0.4, 0.5) is 0 Å². The van der Waals surface area contributed by atoms with Crippen LogP contribution in [-0.2, 0) is 14.8 Å². The van der Waals surface area contributed by atoms with Crippen LogP contribution in [0.25, 0.3) is 0 Å². The van der Waals surface area contributed by atoms with Crippen molar-refractivity contribution in [3.05, 3.63) is 54.0 Å². The monoisotopic (exact) mass is 423 g/mol. The molecule has 1 fully saturated rings. The lowest BCUT2D eigenvalue weighted by atomic mass is 10.0. The van der Waals surface area contributed by atoms with Crippen molar-refractivity contribution in [2.45, 2.75) is 29.5 Å². The average molecular weight is 424 g/mol. The predicted octanol–water partition coefficient (Wildman–Crippen LogP) is 1.48. The zero-order chi connectivity index (χ0) is 20.5. The first-order valence-electron chi connectivity index (χ1n) is 8.53. The van der Waals surface area contributed by atoms with Crippen LogP contribution in [0.2, 0.25) is 0 Å². The molecule has 0 aliphatic carbocycles. The molecule has 1 aromatic carbocycles. The zero-order valence-electron chi connectivity index (χ0n) is 15.4. The third kappa shape index (κ3) is 4.08. The molecule has 28 heavy (non-hydrogen) atoms. The van der Waals surface area contributed by atoms with Gasteiger partial charge in [-0.05, 0) is 38.1 Å². The molecule has 1 atom stereocenters. The first kappa shape index (κ1) is 20.4. The van der Waals surface area contributed by atoms with Crippen LogP contribution in [0, 0.1) is 5.21 Å². The highest BCUT2D eigenvalue weighted by atomic mass is 32.2. The first-order chi connectivity index (χ1) is 13.1. The highest BCUT2D eigenvalue weighted by molar-refractivity contribution is 8.00. The molecular weight excluding hydrogens is 402 g/mol. The molecule has 2 heterocycles. The van der Waals surface area contributed by atoms with Gasteiger partial charge in [-0.1, -0.05) is 0 Å². The van der Waals surface area contributed by atoms with E-state index in [1.165, 1.54) is 64.9 Å². The van der Waals surface area contributed by atoms with Crippen molar-refractivity contribution < 1.29 is 22.7 Å². The molecule has 1 aromatic heterocycles. The van der Waals surface area contributed by atoms with Crippen molar-refractivity contribution in [1.82, 2.24) is 4.31 Å². The summed E-state index contributed by atoms with van der Waals surface area (Å²) in [6.07, 6.45) is 2.60. The van der Waals surface area contributed by atoms with Crippen LogP contribution < -0.4 is 15.2 Å². The second kappa shape index (κ2) is 7.61. The van der Waals surface area contributed by atoms with E-state index < -0.39 is 26.7 Å². The summed E-state index contributed by atoms with van der Waals surface area (Å²) >= 11 is 1.53. The minimum atomic E-state index is -3.90. The second-order valence-electron chi connectivity index (χ2n) is 6.84. The van der Waals surface area contributed by atoms with E-state index in [2.05, 4.69) is 0 Å². The molecule has 0 radical (unpaired) electrons. The minimum Gasteiger partial charge on any atom is -0.619 e. The second-order valence-corrected chi connectivity index (χ2v) is 10.5. The molecule has 150 valence electrons. The number of ether oxygens (including phenoxy) is 1. The van der Waals surface area contributed by atoms with Gasteiger partial charge in [-0.15, -0.1) is 0 Å². The SMILES string of the molecule is CC1(C)SCCN(S(=O)(=O)c2ccc(Oc3cc[n+]([O-])cc3)cc2)C1C(N)=O. The van der Waals surface area contributed by atoms with Gasteiger partial charge in [0.2, 0.25) is 15.9 Å². The van der Waals surface area contributed by atoms with Gasteiger partial charge in [0.25, 0.3) is 0 Å². The van der Waals surface area contributed by atoms with Gasteiger partial charge in [-0.2, -0.15) is 20.8 Å². The molecule has 3 rings (SSSR count). The fourth-order valence-electron chi connectivity index (χ4n) is 3.12. The fraction of sp³-hybridized carbons (Fsp3) is 0.333. The van der Waals surface area contributed by atoms with Gasteiger partial charge in [0.05, 0.1) is 4.90 Å². The average Bonchev–Trinajstić information content (AvgIpc) is 2.63. The van der Waals surface area contributed by atoms with Crippen LogP contribution in [0.1, 0.15) is 13.8 Å². The number of rotatable bonds is 5. The topological polar surface area (TPSA) is 117 Å². The van der Waals surface area contributed by atoms with Crippen molar-refractivity contribution in [2.24, 2.45) is 5.73 Å². The van der Waals surface area contributed by atoms with Crippen molar-refractivity contribution in [3.63, 3.8) is 0 Å². The highest BCUT2D eigenvalue weighted by Gasteiger charge is 2.47. The number of carbonyl (C=O) groups is 1. The third-order valence-electron chi connectivity index (χ3n) is 4.44. The standard InChI is InChI=1S/C18H21N3O5S2/c1-18(2)16(17(19)22)21(11-12-27-18)28(24,25)15-5-3-13(4-6-15)26-14-7-9-20(23)10-8-14/h3-10,16H,11-12H2,1-2H3,(H2,19,22). The van der Waals surface area contributed by atoms with Gasteiger partial charge in [-0.25, -0.2) is 8.42 Å². The molecule has 1 unspecified atom stereocenters. The molecule has 10 heteroatoms. The van der Waals surface area contributed by atoms with Crippen LogP contribution in [0.3, 0.4) is 0 Å². The summed E-state index contributed by atoms with van der Waals surface area (Å²) in [6, 6.07) is 7.96. The van der Waals surface area contributed by atoms with Gasteiger partial charge in [0.15, 0.2) is 12.4 Å². The van der Waals surface area contributed by atoms with E-state index in [0.717, 1.165) is 0 Å². The molecule has 0 spiro atoms. The summed E-state index contributed by atoms with van der Waals surface area (Å²) in [5.74, 6) is 0.778. The lowest BCUT2D eigenvalue weighted by molar-refractivity contribution is -0.605. The molecule has 1 saturated heterocycles. The maximum atomic E-state index is 13.1. The Labute approximate surface area is 167 Å². The van der Waals surface area contributed by atoms with Crippen LogP contribution in [0.15, 0.2) is 53.7 Å². The fourth-order valence-corrected chi connectivity index (χ4v) is 6.24. The van der Waals surface area contributed by atoms with E-state index in [-0.39, 0.29) is 11.4 Å². The van der Waals surface area contributed by atoms with Crippen LogP contribution in [-0.4, -0.2) is 41.7 Å². The maximum Gasteiger partial charge on any atom is 0.243 e. The Kier molecular flexibility index (Phi) is 5.55. The van der Waals surface area contributed by atoms with E-state index in [0.29, 0.717) is 22.0 Å². The molecule has 2 N–H and O–H groups in total. The number of nitrogens with two attached hydrogens (primary N) is 1. The molecule has 0 saturated carbocycles. The Hall–Kier alpha value is -2.30. The summed E-state index contributed by atoms with van der Waals surface area (Å²) in [5, 5.41) is 11.1. The van der Waals surface area contributed by atoms with E-state index in [9.17, 15) is 18.4 Å². The Balaban J connectivity index is 1.85. The molecule has 1 amide bonds. The number of carbonyl (C=O) groups excluding carboxylic acids is 1. The third-order valence-corrected chi connectivity index (χ3v) is 7.67. The molecular formula is C18H21N3O5S2. The molecule has 1 aliphatic heterocycles. The van der Waals surface area contributed by atoms with Gasteiger partial charge in [0.1, 0.15) is 17.5 Å². The van der Waals surface area contributed by atoms with Gasteiger partial charge in [0, 0.05) is 29.2 Å². The van der Waals surface area contributed by atoms with Gasteiger partial charge in [-0.3, -0.25) is 4.79 Å². The number of benzene rings is 1. The highest BCUT2D eigenvalue weighted by Crippen LogP contribution is 2.38. The van der Waals surface area contributed by atoms with Crippen LogP contribution in [0.5, 0.6) is 11.5 Å². The van der Waals surface area contributed by atoms with Crippen molar-refractivity contribution in [3.8, 4) is 11.5 Å². The summed E-state index contributed by atoms with van der Waals surface area (Å²) < 4.78 is 33.1. The van der Waals surface area contributed by atoms with Crippen molar-refractivity contribution in [2.75, 3.05) is 12.3 Å². The summed E-state index contributed by atoms with van der Waals surface area (Å²) in [5.41, 5.74) is 5.53. The number of pyridine rings is 1. The van der Waals surface area contributed by atoms with E-state index in [4.69, 9.17) is 10.5 Å². The summed E-state index contributed by atoms with van der Waals surface area (Å²) in [6.45, 7) is 3.84. The quantitative estimate of drug-likeness (QED) is 0.575. The summed E-state index contributed by atoms with van der Waals surface area (Å²) in [7, 11) is -3.90. The number of primary amides is 1. The maximum absolute atomic E-state index is 13.1. The lowest BCUT2D eigenvalue weighted by Gasteiger charge is -2.43. The number of hydrogen-bond donors (Lipinski definition) is 1.